The van der Waals surface area contributed by atoms with Gasteiger partial charge in [-0.1, -0.05) is 36.7 Å². The minimum absolute atomic E-state index is 0.0132. The molecule has 1 unspecified atom stereocenters. The molecule has 1 saturated heterocycles. The summed E-state index contributed by atoms with van der Waals surface area (Å²) in [6.45, 7) is 1.89. The lowest BCUT2D eigenvalue weighted by molar-refractivity contribution is -0.130. The molecule has 0 aromatic heterocycles. The summed E-state index contributed by atoms with van der Waals surface area (Å²) in [5.74, 6) is -0.387. The van der Waals surface area contributed by atoms with Gasteiger partial charge in [-0.05, 0) is 31.4 Å². The highest BCUT2D eigenvalue weighted by Gasteiger charge is 2.37. The van der Waals surface area contributed by atoms with Crippen molar-refractivity contribution in [3.05, 3.63) is 41.1 Å². The first-order valence-corrected chi connectivity index (χ1v) is 10.0. The number of hydrogen-bond donors (Lipinski definition) is 2. The Morgan fingerprint density at radius 2 is 2.17 bits per heavy atom. The first-order chi connectivity index (χ1) is 13.8. The molecule has 1 aromatic rings. The van der Waals surface area contributed by atoms with Crippen molar-refractivity contribution in [2.45, 2.75) is 44.8 Å². The summed E-state index contributed by atoms with van der Waals surface area (Å²) in [7, 11) is 0. The number of carbonyl (C=O) groups excluding carboxylic acids is 2. The number of alkyl halides is 1. The van der Waals surface area contributed by atoms with Crippen LogP contribution in [0.3, 0.4) is 0 Å². The van der Waals surface area contributed by atoms with E-state index in [0.717, 1.165) is 5.70 Å². The molecule has 0 spiro atoms. The van der Waals surface area contributed by atoms with E-state index in [1.807, 2.05) is 25.1 Å². The number of nitrogens with zero attached hydrogens (tertiary/aromatic N) is 2. The number of amides is 2. The molecule has 2 amide bonds. The molecular weight excluding hydrogens is 395 g/mol. The van der Waals surface area contributed by atoms with Gasteiger partial charge in [0.2, 0.25) is 11.8 Å². The van der Waals surface area contributed by atoms with Gasteiger partial charge in [0.25, 0.3) is 0 Å². The summed E-state index contributed by atoms with van der Waals surface area (Å²) >= 11 is 6.11. The zero-order chi connectivity index (χ0) is 21.0. The smallest absolute Gasteiger partial charge is 0.243 e. The second-order valence-corrected chi connectivity index (χ2v) is 8.21. The molecule has 1 aromatic carbocycles. The minimum Gasteiger partial charge on any atom is -0.380 e. The SMILES string of the molecule is CC1(C(=O)Nc2ccccc2Cl)CC=C(NCC(=O)N2C[C@@H](F)C[C@H]2C#N)CC1. The lowest BCUT2D eigenvalue weighted by Gasteiger charge is -2.32. The van der Waals surface area contributed by atoms with Crippen molar-refractivity contribution in [3.63, 3.8) is 0 Å². The van der Waals surface area contributed by atoms with Gasteiger partial charge in [0.15, 0.2) is 0 Å². The average molecular weight is 419 g/mol. The molecule has 0 radical (unpaired) electrons. The van der Waals surface area contributed by atoms with E-state index in [4.69, 9.17) is 16.9 Å². The van der Waals surface area contributed by atoms with Crippen LogP contribution in [-0.2, 0) is 9.59 Å². The van der Waals surface area contributed by atoms with Crippen molar-refractivity contribution in [2.24, 2.45) is 5.41 Å². The minimum atomic E-state index is -1.14. The molecule has 3 atom stereocenters. The zero-order valence-corrected chi connectivity index (χ0v) is 17.0. The third kappa shape index (κ3) is 4.88. The average Bonchev–Trinajstić information content (AvgIpc) is 3.10. The van der Waals surface area contributed by atoms with Gasteiger partial charge in [-0.3, -0.25) is 9.59 Å². The monoisotopic (exact) mass is 418 g/mol. The molecule has 1 aliphatic heterocycles. The van der Waals surface area contributed by atoms with E-state index in [1.165, 1.54) is 4.90 Å². The number of allylic oxidation sites excluding steroid dienone is 2. The Bertz CT molecular complexity index is 868. The highest BCUT2D eigenvalue weighted by molar-refractivity contribution is 6.33. The first-order valence-electron chi connectivity index (χ1n) is 9.64. The van der Waals surface area contributed by atoms with Crippen molar-refractivity contribution < 1.29 is 14.0 Å². The highest BCUT2D eigenvalue weighted by Crippen LogP contribution is 2.36. The summed E-state index contributed by atoms with van der Waals surface area (Å²) < 4.78 is 13.5. The maximum absolute atomic E-state index is 13.5. The molecule has 1 heterocycles. The summed E-state index contributed by atoms with van der Waals surface area (Å²) in [4.78, 5) is 26.4. The van der Waals surface area contributed by atoms with Crippen molar-refractivity contribution in [3.8, 4) is 6.07 Å². The third-order valence-corrected chi connectivity index (χ3v) is 5.93. The molecule has 1 fully saturated rings. The summed E-state index contributed by atoms with van der Waals surface area (Å²) in [6.07, 6.45) is 2.61. The van der Waals surface area contributed by atoms with Crippen molar-refractivity contribution in [2.75, 3.05) is 18.4 Å². The van der Waals surface area contributed by atoms with E-state index in [2.05, 4.69) is 10.6 Å². The van der Waals surface area contributed by atoms with Crippen LogP contribution in [0, 0.1) is 16.7 Å². The van der Waals surface area contributed by atoms with E-state index in [9.17, 15) is 14.0 Å². The predicted octanol–water partition coefficient (Wildman–Crippen LogP) is 3.40. The number of nitriles is 1. The first kappa shape index (κ1) is 21.1. The highest BCUT2D eigenvalue weighted by atomic mass is 35.5. The Labute approximate surface area is 174 Å². The van der Waals surface area contributed by atoms with Gasteiger partial charge in [0.1, 0.15) is 12.2 Å². The van der Waals surface area contributed by atoms with Crippen LogP contribution in [0.2, 0.25) is 5.02 Å². The second-order valence-electron chi connectivity index (χ2n) is 7.81. The Balaban J connectivity index is 1.53. The van der Waals surface area contributed by atoms with Crippen LogP contribution in [0.25, 0.3) is 0 Å². The predicted molar refractivity (Wildman–Crippen MR) is 109 cm³/mol. The van der Waals surface area contributed by atoms with Crippen LogP contribution >= 0.6 is 11.6 Å². The maximum atomic E-state index is 13.5. The van der Waals surface area contributed by atoms with Crippen molar-refractivity contribution >= 4 is 29.1 Å². The molecule has 2 aliphatic rings. The fourth-order valence-electron chi connectivity index (χ4n) is 3.64. The Hall–Kier alpha value is -2.59. The molecule has 8 heteroatoms. The van der Waals surface area contributed by atoms with Crippen molar-refractivity contribution in [1.82, 2.24) is 10.2 Å². The molecule has 6 nitrogen and oxygen atoms in total. The molecule has 29 heavy (non-hydrogen) atoms. The van der Waals surface area contributed by atoms with Gasteiger partial charge >= 0.3 is 0 Å². The summed E-state index contributed by atoms with van der Waals surface area (Å²) in [5.41, 5.74) is 0.894. The summed E-state index contributed by atoms with van der Waals surface area (Å²) in [6, 6.07) is 8.38. The molecule has 0 saturated carbocycles. The van der Waals surface area contributed by atoms with Crippen LogP contribution in [-0.4, -0.2) is 42.0 Å². The molecule has 154 valence electrons. The number of hydrogen-bond acceptors (Lipinski definition) is 4. The molecule has 1 aliphatic carbocycles. The van der Waals surface area contributed by atoms with Crippen LogP contribution in [0.15, 0.2) is 36.0 Å². The van der Waals surface area contributed by atoms with E-state index < -0.39 is 17.6 Å². The van der Waals surface area contributed by atoms with Gasteiger partial charge in [0, 0.05) is 12.1 Å². The van der Waals surface area contributed by atoms with E-state index in [0.29, 0.717) is 30.0 Å². The lowest BCUT2D eigenvalue weighted by atomic mass is 9.77. The standard InChI is InChI=1S/C21H24ClFN4O2/c1-21(20(29)26-18-5-3-2-4-17(18)22)8-6-15(7-9-21)25-12-19(28)27-13-14(23)10-16(27)11-24/h2-6,14,16,25H,7-10,12-13H2,1H3,(H,26,29)/t14-,16-,21?/m0/s1. The van der Waals surface area contributed by atoms with Crippen LogP contribution in [0.5, 0.6) is 0 Å². The topological polar surface area (TPSA) is 85.2 Å². The Morgan fingerprint density at radius 3 is 2.83 bits per heavy atom. The van der Waals surface area contributed by atoms with E-state index >= 15 is 0 Å². The summed E-state index contributed by atoms with van der Waals surface area (Å²) in [5, 5.41) is 15.5. The van der Waals surface area contributed by atoms with Gasteiger partial charge in [0.05, 0.1) is 35.3 Å². The number of anilines is 1. The van der Waals surface area contributed by atoms with Crippen LogP contribution in [0.1, 0.15) is 32.6 Å². The molecule has 3 rings (SSSR count). The molecular formula is C21H24ClFN4O2. The Kier molecular flexibility index (Phi) is 6.43. The van der Waals surface area contributed by atoms with E-state index in [1.54, 1.807) is 18.2 Å². The van der Waals surface area contributed by atoms with Gasteiger partial charge in [-0.25, -0.2) is 4.39 Å². The number of likely N-dealkylation sites (tertiary alicyclic amines) is 1. The number of benzene rings is 1. The normalized spacial score (nSPS) is 26.4. The van der Waals surface area contributed by atoms with Crippen molar-refractivity contribution in [1.29, 1.82) is 5.26 Å². The maximum Gasteiger partial charge on any atom is 0.243 e. The number of para-hydroxylation sites is 1. The molecule has 2 N–H and O–H groups in total. The second kappa shape index (κ2) is 8.83. The van der Waals surface area contributed by atoms with Crippen LogP contribution < -0.4 is 10.6 Å². The van der Waals surface area contributed by atoms with E-state index in [-0.39, 0.29) is 31.3 Å². The number of carbonyl (C=O) groups is 2. The fraction of sp³-hybridized carbons (Fsp3) is 0.476. The van der Waals surface area contributed by atoms with Gasteiger partial charge < -0.3 is 15.5 Å². The third-order valence-electron chi connectivity index (χ3n) is 5.60. The zero-order valence-electron chi connectivity index (χ0n) is 16.3. The fourth-order valence-corrected chi connectivity index (χ4v) is 3.82. The quantitative estimate of drug-likeness (QED) is 0.767. The van der Waals surface area contributed by atoms with Crippen LogP contribution in [0.4, 0.5) is 10.1 Å². The number of rotatable bonds is 5. The molecule has 0 bridgehead atoms. The lowest BCUT2D eigenvalue weighted by Crippen LogP contribution is -2.41. The van der Waals surface area contributed by atoms with Gasteiger partial charge in [-0.2, -0.15) is 5.26 Å². The van der Waals surface area contributed by atoms with Gasteiger partial charge in [-0.15, -0.1) is 0 Å². The largest absolute Gasteiger partial charge is 0.380 e. The Morgan fingerprint density at radius 1 is 1.41 bits per heavy atom. The number of nitrogens with one attached hydrogen (secondary N) is 2. The number of halogens is 2.